The van der Waals surface area contributed by atoms with Crippen LogP contribution in [0.3, 0.4) is 0 Å². The molecule has 0 rings (SSSR count). The van der Waals surface area contributed by atoms with Gasteiger partial charge in [0.1, 0.15) is 19.3 Å². The highest BCUT2D eigenvalue weighted by Gasteiger charge is 2.29. The van der Waals surface area contributed by atoms with E-state index in [4.69, 9.17) is 9.05 Å². The first-order valence-electron chi connectivity index (χ1n) is 21.8. The second-order valence-electron chi connectivity index (χ2n) is 16.2. The third kappa shape index (κ3) is 36.3. The van der Waals surface area contributed by atoms with E-state index in [1.165, 1.54) is 103 Å². The minimum absolute atomic E-state index is 0.0420. The van der Waals surface area contributed by atoms with Crippen molar-refractivity contribution in [2.75, 3.05) is 40.9 Å². The number of unbranched alkanes of at least 4 members (excludes halogenated alkanes) is 21. The van der Waals surface area contributed by atoms with Crippen molar-refractivity contribution in [3.63, 3.8) is 0 Å². The fraction of sp³-hybridized carbons (Fsp3) is 0.884. The van der Waals surface area contributed by atoms with Crippen LogP contribution in [0.2, 0.25) is 0 Å². The lowest BCUT2D eigenvalue weighted by atomic mass is 9.99. The number of nitrogens with one attached hydrogen (secondary N) is 1. The Morgan fingerprint density at radius 2 is 1.13 bits per heavy atom. The summed E-state index contributed by atoms with van der Waals surface area (Å²) < 4.78 is 23.1. The molecule has 0 fully saturated rings. The molecule has 4 unspecified atom stereocenters. The molecule has 0 bridgehead atoms. The maximum Gasteiger partial charge on any atom is 0.268 e. The van der Waals surface area contributed by atoms with E-state index in [9.17, 15) is 24.5 Å². The first-order valence-corrected chi connectivity index (χ1v) is 23.2. The Morgan fingerprint density at radius 3 is 1.66 bits per heavy atom. The number of phosphoric ester groups is 1. The molecule has 0 aliphatic rings. The summed E-state index contributed by atoms with van der Waals surface area (Å²) in [5, 5.41) is 24.6. The maximum absolute atomic E-state index is 12.9. The van der Waals surface area contributed by atoms with Crippen LogP contribution in [0.15, 0.2) is 24.3 Å². The molecule has 9 nitrogen and oxygen atoms in total. The smallest absolute Gasteiger partial charge is 0.268 e. The molecular weight excluding hydrogens is 687 g/mol. The van der Waals surface area contributed by atoms with E-state index < -0.39 is 32.7 Å². The van der Waals surface area contributed by atoms with Crippen LogP contribution in [0.5, 0.6) is 0 Å². The van der Waals surface area contributed by atoms with E-state index >= 15 is 0 Å². The van der Waals surface area contributed by atoms with Gasteiger partial charge in [-0.25, -0.2) is 0 Å². The van der Waals surface area contributed by atoms with Crippen LogP contribution in [0.1, 0.15) is 187 Å². The second kappa shape index (κ2) is 35.4. The van der Waals surface area contributed by atoms with Crippen LogP contribution in [0, 0.1) is 0 Å². The van der Waals surface area contributed by atoms with Crippen molar-refractivity contribution in [3.8, 4) is 0 Å². The van der Waals surface area contributed by atoms with Crippen molar-refractivity contribution in [1.82, 2.24) is 5.32 Å². The molecule has 0 aromatic heterocycles. The molecular formula is C43H85N2O7P. The largest absolute Gasteiger partial charge is 0.756 e. The Kier molecular flexibility index (Phi) is 34.7. The number of likely N-dealkylation sites (N-methyl/N-ethyl adjacent to an activating group) is 1. The number of carbonyl (C=O) groups is 1. The third-order valence-electron chi connectivity index (χ3n) is 9.78. The minimum atomic E-state index is -4.66. The van der Waals surface area contributed by atoms with Gasteiger partial charge in [-0.05, 0) is 44.9 Å². The number of nitrogens with zero attached hydrogens (tertiary/aromatic N) is 1. The maximum atomic E-state index is 12.9. The standard InChI is InChI=1S/C43H85N2O7P/c1-6-8-10-12-14-16-18-20-21-22-23-24-26-28-30-32-34-36-42(47)44-40(39-52-53(49,50)51-38-37-45(3,4)5)43(48)41(46)35-33-31-29-27-25-19-17-15-13-11-9-7-2/h14,16,20-21,40-41,43,46,48H,6-13,15,17-19,22-39H2,1-5H3,(H-,44,47,49,50)/b16-14-,21-20-. The van der Waals surface area contributed by atoms with Crippen LogP contribution in [0.25, 0.3) is 0 Å². The number of aliphatic hydroxyl groups excluding tert-OH is 2. The van der Waals surface area contributed by atoms with Crippen molar-refractivity contribution in [2.24, 2.45) is 0 Å². The van der Waals surface area contributed by atoms with E-state index in [0.29, 0.717) is 23.9 Å². The lowest BCUT2D eigenvalue weighted by molar-refractivity contribution is -0.870. The molecule has 0 aromatic rings. The Bertz CT molecular complexity index is 940. The van der Waals surface area contributed by atoms with Gasteiger partial charge in [-0.1, -0.05) is 160 Å². The number of hydrogen-bond donors (Lipinski definition) is 3. The zero-order valence-electron chi connectivity index (χ0n) is 35.1. The lowest BCUT2D eigenvalue weighted by Crippen LogP contribution is -2.51. The molecule has 0 radical (unpaired) electrons. The van der Waals surface area contributed by atoms with Crippen LogP contribution in [-0.2, 0) is 18.4 Å². The van der Waals surface area contributed by atoms with Crippen LogP contribution in [-0.4, -0.2) is 79.8 Å². The number of amides is 1. The van der Waals surface area contributed by atoms with Crippen LogP contribution >= 0.6 is 7.82 Å². The normalized spacial score (nSPS) is 15.2. The summed E-state index contributed by atoms with van der Waals surface area (Å²) in [6, 6.07) is -1.07. The fourth-order valence-corrected chi connectivity index (χ4v) is 6.95. The molecule has 0 saturated carbocycles. The van der Waals surface area contributed by atoms with E-state index in [1.807, 2.05) is 21.1 Å². The molecule has 1 amide bonds. The van der Waals surface area contributed by atoms with Gasteiger partial charge in [0, 0.05) is 6.42 Å². The van der Waals surface area contributed by atoms with Gasteiger partial charge < -0.3 is 34.0 Å². The van der Waals surface area contributed by atoms with Crippen molar-refractivity contribution in [2.45, 2.75) is 205 Å². The summed E-state index contributed by atoms with van der Waals surface area (Å²) in [6.07, 6.45) is 36.3. The van der Waals surface area contributed by atoms with Gasteiger partial charge in [0.25, 0.3) is 7.82 Å². The zero-order chi connectivity index (χ0) is 39.5. The number of phosphoric acid groups is 1. The van der Waals surface area contributed by atoms with Gasteiger partial charge in [-0.2, -0.15) is 0 Å². The highest BCUT2D eigenvalue weighted by Crippen LogP contribution is 2.38. The van der Waals surface area contributed by atoms with Gasteiger partial charge in [0.2, 0.25) is 5.91 Å². The second-order valence-corrected chi connectivity index (χ2v) is 17.6. The number of carbonyl (C=O) groups excluding carboxylic acids is 1. The number of hydrogen-bond acceptors (Lipinski definition) is 7. The van der Waals surface area contributed by atoms with Crippen LogP contribution < -0.4 is 10.2 Å². The van der Waals surface area contributed by atoms with E-state index in [1.54, 1.807) is 0 Å². The van der Waals surface area contributed by atoms with Gasteiger partial charge in [0.15, 0.2) is 0 Å². The van der Waals surface area contributed by atoms with Gasteiger partial charge in [-0.3, -0.25) is 9.36 Å². The van der Waals surface area contributed by atoms with Gasteiger partial charge in [-0.15, -0.1) is 0 Å². The Balaban J connectivity index is 4.52. The lowest BCUT2D eigenvalue weighted by Gasteiger charge is -2.31. The Morgan fingerprint density at radius 1 is 0.679 bits per heavy atom. The van der Waals surface area contributed by atoms with Crippen molar-refractivity contribution in [3.05, 3.63) is 24.3 Å². The summed E-state index contributed by atoms with van der Waals surface area (Å²) in [5.41, 5.74) is 0. The number of rotatable bonds is 39. The van der Waals surface area contributed by atoms with E-state index in [0.717, 1.165) is 51.4 Å². The molecule has 53 heavy (non-hydrogen) atoms. The first-order chi connectivity index (χ1) is 25.4. The minimum Gasteiger partial charge on any atom is -0.756 e. The number of quaternary nitrogens is 1. The summed E-state index contributed by atoms with van der Waals surface area (Å²) in [7, 11) is 1.12. The summed E-state index contributed by atoms with van der Waals surface area (Å²) in [6.45, 7) is 4.39. The predicted octanol–water partition coefficient (Wildman–Crippen LogP) is 10.1. The molecule has 0 heterocycles. The SMILES string of the molecule is CCCCC/C=C\C/C=C\CCCCCCCCCC(=O)NC(COP(=O)([O-])OCC[N+](C)(C)C)C(O)C(O)CCCCCCCCCCCCCC. The highest BCUT2D eigenvalue weighted by molar-refractivity contribution is 7.45. The molecule has 0 spiro atoms. The van der Waals surface area contributed by atoms with Gasteiger partial charge in [0.05, 0.1) is 39.9 Å². The molecule has 0 aliphatic carbocycles. The molecule has 0 aliphatic heterocycles. The summed E-state index contributed by atoms with van der Waals surface area (Å²) in [5.74, 6) is -0.288. The Labute approximate surface area is 327 Å². The predicted molar refractivity (Wildman–Crippen MR) is 221 cm³/mol. The van der Waals surface area contributed by atoms with Crippen molar-refractivity contribution >= 4 is 13.7 Å². The monoisotopic (exact) mass is 773 g/mol. The van der Waals surface area contributed by atoms with Crippen molar-refractivity contribution < 1.29 is 38.0 Å². The zero-order valence-corrected chi connectivity index (χ0v) is 36.0. The average Bonchev–Trinajstić information content (AvgIpc) is 3.10. The molecule has 10 heteroatoms. The molecule has 0 aromatic carbocycles. The fourth-order valence-electron chi connectivity index (χ4n) is 6.22. The van der Waals surface area contributed by atoms with E-state index in [-0.39, 0.29) is 18.9 Å². The first kappa shape index (κ1) is 51.9. The highest BCUT2D eigenvalue weighted by atomic mass is 31.2. The summed E-state index contributed by atoms with van der Waals surface area (Å²) in [4.78, 5) is 25.3. The van der Waals surface area contributed by atoms with E-state index in [2.05, 4.69) is 43.5 Å². The number of aliphatic hydroxyl groups is 2. The molecule has 0 saturated heterocycles. The summed E-state index contributed by atoms with van der Waals surface area (Å²) >= 11 is 0. The number of allylic oxidation sites excluding steroid dienone is 4. The molecule has 3 N–H and O–H groups in total. The quantitative estimate of drug-likeness (QED) is 0.0246. The van der Waals surface area contributed by atoms with Gasteiger partial charge >= 0.3 is 0 Å². The molecule has 4 atom stereocenters. The van der Waals surface area contributed by atoms with Crippen molar-refractivity contribution in [1.29, 1.82) is 0 Å². The third-order valence-corrected chi connectivity index (χ3v) is 10.7. The average molecular weight is 773 g/mol. The molecule has 314 valence electrons. The Hall–Kier alpha value is -1.06. The topological polar surface area (TPSA) is 128 Å². The van der Waals surface area contributed by atoms with Crippen LogP contribution in [0.4, 0.5) is 0 Å².